The van der Waals surface area contributed by atoms with Crippen LogP contribution in [0.5, 0.6) is 0 Å². The second-order valence-electron chi connectivity index (χ2n) is 5.52. The van der Waals surface area contributed by atoms with Crippen molar-refractivity contribution in [2.75, 3.05) is 0 Å². The summed E-state index contributed by atoms with van der Waals surface area (Å²) in [5.41, 5.74) is 6.74. The molecule has 1 aromatic carbocycles. The summed E-state index contributed by atoms with van der Waals surface area (Å²) in [5.74, 6) is 0. The fourth-order valence-corrected chi connectivity index (χ4v) is 2.92. The number of hydrogen-bond acceptors (Lipinski definition) is 1. The van der Waals surface area contributed by atoms with Crippen LogP contribution in [-0.4, -0.2) is 9.13 Å². The van der Waals surface area contributed by atoms with E-state index in [-0.39, 0.29) is 5.54 Å². The van der Waals surface area contributed by atoms with Crippen LogP contribution in [0, 0.1) is 3.80 Å². The first-order valence-electron chi connectivity index (χ1n) is 6.40. The van der Waals surface area contributed by atoms with Gasteiger partial charge in [-0.15, -0.1) is 0 Å². The summed E-state index contributed by atoms with van der Waals surface area (Å²) < 4.78 is 6.73. The predicted molar refractivity (Wildman–Crippen MR) is 83.7 cm³/mol. The molecule has 0 unspecified atom stereocenters. The molecule has 0 amide bonds. The fourth-order valence-electron chi connectivity index (χ4n) is 1.55. The Labute approximate surface area is 140 Å². The number of nitrogens with two attached hydrogens (primary N) is 1. The van der Waals surface area contributed by atoms with Crippen molar-refractivity contribution in [3.63, 3.8) is 0 Å². The zero-order valence-corrected chi connectivity index (χ0v) is 16.2. The number of hydrogen-bond donors (Lipinski definition) is 1. The molecule has 3 nitrogen and oxygen atoms in total. The molecular weight excluding hydrogens is 497 g/mol. The molecule has 0 bridgehead atoms. The van der Waals surface area contributed by atoms with Gasteiger partial charge in [0.2, 0.25) is 0 Å². The number of imidazole rings is 1. The molecule has 0 aliphatic carbocycles. The average molecular weight is 519 g/mol. The van der Waals surface area contributed by atoms with Gasteiger partial charge in [0.15, 0.2) is 0 Å². The van der Waals surface area contributed by atoms with Crippen molar-refractivity contribution in [1.29, 1.82) is 0 Å². The molecule has 0 saturated heterocycles. The SMILES string of the molecule is Cn1ccn(C(C)(C)C)[c]1=[Pt].NCc1ccc(Br)cc1. The molecule has 2 aromatic rings. The second-order valence-corrected chi connectivity index (χ2v) is 7.45. The van der Waals surface area contributed by atoms with Crippen LogP contribution in [0.25, 0.3) is 0 Å². The van der Waals surface area contributed by atoms with E-state index < -0.39 is 0 Å². The van der Waals surface area contributed by atoms with Crippen LogP contribution >= 0.6 is 15.9 Å². The van der Waals surface area contributed by atoms with Crippen LogP contribution in [0.3, 0.4) is 0 Å². The van der Waals surface area contributed by atoms with Gasteiger partial charge in [0.25, 0.3) is 0 Å². The Morgan fingerprint density at radius 3 is 2.00 bits per heavy atom. The van der Waals surface area contributed by atoms with Gasteiger partial charge in [-0.1, -0.05) is 28.1 Å². The number of aryl methyl sites for hydroxylation is 1. The van der Waals surface area contributed by atoms with E-state index in [4.69, 9.17) is 5.73 Å². The summed E-state index contributed by atoms with van der Waals surface area (Å²) in [5, 5.41) is 0. The maximum atomic E-state index is 5.38. The topological polar surface area (TPSA) is 35.9 Å². The third-order valence-corrected chi connectivity index (χ3v) is 4.64. The third-order valence-electron chi connectivity index (χ3n) is 2.76. The second kappa shape index (κ2) is 7.53. The van der Waals surface area contributed by atoms with Crippen LogP contribution in [0.1, 0.15) is 26.3 Å². The first kappa shape index (κ1) is 17.6. The van der Waals surface area contributed by atoms with Crippen molar-refractivity contribution >= 4 is 15.9 Å². The summed E-state index contributed by atoms with van der Waals surface area (Å²) in [7, 11) is 2.06. The molecule has 0 aliphatic heterocycles. The maximum absolute atomic E-state index is 5.38. The maximum Gasteiger partial charge on any atom is 0.0178 e. The fraction of sp³-hybridized carbons (Fsp3) is 0.400. The minimum atomic E-state index is 0.193. The Morgan fingerprint density at radius 1 is 1.15 bits per heavy atom. The predicted octanol–water partition coefficient (Wildman–Crippen LogP) is 3.57. The Kier molecular flexibility index (Phi) is 6.63. The summed E-state index contributed by atoms with van der Waals surface area (Å²) >= 11 is 5.67. The molecule has 5 heteroatoms. The van der Waals surface area contributed by atoms with E-state index >= 15 is 0 Å². The number of aromatic nitrogens is 2. The Balaban J connectivity index is 0.000000204. The van der Waals surface area contributed by atoms with E-state index in [0.29, 0.717) is 6.54 Å². The molecule has 1 aromatic heterocycles. The van der Waals surface area contributed by atoms with Crippen LogP contribution in [0.4, 0.5) is 0 Å². The first-order valence-corrected chi connectivity index (χ1v) is 8.33. The first-order chi connectivity index (χ1) is 9.25. The van der Waals surface area contributed by atoms with Crippen molar-refractivity contribution in [2.24, 2.45) is 12.8 Å². The quantitative estimate of drug-likeness (QED) is 0.615. The van der Waals surface area contributed by atoms with E-state index in [9.17, 15) is 0 Å². The zero-order valence-electron chi connectivity index (χ0n) is 12.3. The van der Waals surface area contributed by atoms with Crippen molar-refractivity contribution < 1.29 is 19.4 Å². The van der Waals surface area contributed by atoms with E-state index in [1.54, 1.807) is 0 Å². The smallest absolute Gasteiger partial charge is 0.0178 e. The molecule has 0 fully saturated rings. The number of rotatable bonds is 1. The minimum Gasteiger partial charge on any atom is -0.326 e. The third kappa shape index (κ3) is 5.16. The van der Waals surface area contributed by atoms with Crippen LogP contribution in [-0.2, 0) is 38.5 Å². The molecular formula is C15H22BrN3Pt. The van der Waals surface area contributed by atoms with Crippen molar-refractivity contribution in [2.45, 2.75) is 32.9 Å². The minimum absolute atomic E-state index is 0.193. The number of halogens is 1. The van der Waals surface area contributed by atoms with Gasteiger partial charge < -0.3 is 5.73 Å². The Morgan fingerprint density at radius 2 is 1.70 bits per heavy atom. The van der Waals surface area contributed by atoms with Crippen molar-refractivity contribution in [3.8, 4) is 0 Å². The monoisotopic (exact) mass is 518 g/mol. The summed E-state index contributed by atoms with van der Waals surface area (Å²) in [6.07, 6.45) is 4.19. The summed E-state index contributed by atoms with van der Waals surface area (Å²) in [6, 6.07) is 7.98. The van der Waals surface area contributed by atoms with Gasteiger partial charge in [-0.25, -0.2) is 0 Å². The van der Waals surface area contributed by atoms with Crippen molar-refractivity contribution in [1.82, 2.24) is 9.13 Å². The standard InChI is InChI=1S/C8H14N2.C7H8BrN.Pt/c1-8(2,3)10-6-5-9(4)7-10;8-7-3-1-6(5-9)2-4-7;/h5-6H,1-4H3;1-4H,5,9H2;. The number of nitrogens with zero attached hydrogens (tertiary/aromatic N) is 2. The number of benzene rings is 1. The average Bonchev–Trinajstić information content (AvgIpc) is 2.71. The van der Waals surface area contributed by atoms with Crippen LogP contribution in [0.15, 0.2) is 41.1 Å². The van der Waals surface area contributed by atoms with Gasteiger partial charge in [-0.2, -0.15) is 0 Å². The van der Waals surface area contributed by atoms with E-state index in [2.05, 4.69) is 84.6 Å². The van der Waals surface area contributed by atoms with Crippen LogP contribution < -0.4 is 5.73 Å². The molecule has 20 heavy (non-hydrogen) atoms. The molecule has 0 saturated carbocycles. The van der Waals surface area contributed by atoms with Gasteiger partial charge in [-0.3, -0.25) is 0 Å². The van der Waals surface area contributed by atoms with Gasteiger partial charge in [0.1, 0.15) is 0 Å². The molecule has 0 radical (unpaired) electrons. The molecule has 0 aliphatic rings. The normalized spacial score (nSPS) is 11.0. The molecule has 2 rings (SSSR count). The Hall–Kier alpha value is -0.442. The molecule has 114 valence electrons. The van der Waals surface area contributed by atoms with Gasteiger partial charge >= 0.3 is 78.0 Å². The van der Waals surface area contributed by atoms with E-state index in [0.717, 1.165) is 4.47 Å². The molecule has 2 N–H and O–H groups in total. The van der Waals surface area contributed by atoms with Gasteiger partial charge in [0.05, 0.1) is 0 Å². The molecule has 1 heterocycles. The van der Waals surface area contributed by atoms with Crippen LogP contribution in [0.2, 0.25) is 0 Å². The van der Waals surface area contributed by atoms with E-state index in [1.165, 1.54) is 9.37 Å². The van der Waals surface area contributed by atoms with Gasteiger partial charge in [0, 0.05) is 11.0 Å². The molecule has 0 spiro atoms. The van der Waals surface area contributed by atoms with Crippen molar-refractivity contribution in [3.05, 3.63) is 50.5 Å². The summed E-state index contributed by atoms with van der Waals surface area (Å²) in [4.78, 5) is 0. The zero-order chi connectivity index (χ0) is 15.3. The molecule has 0 atom stereocenters. The summed E-state index contributed by atoms with van der Waals surface area (Å²) in [6.45, 7) is 7.23. The largest absolute Gasteiger partial charge is 0.326 e. The Bertz CT molecular complexity index is 591. The van der Waals surface area contributed by atoms with Gasteiger partial charge in [-0.05, 0) is 17.7 Å². The van der Waals surface area contributed by atoms with E-state index in [1.807, 2.05) is 24.3 Å².